The smallest absolute Gasteiger partial charge is 0.258 e. The summed E-state index contributed by atoms with van der Waals surface area (Å²) >= 11 is 0. The van der Waals surface area contributed by atoms with Crippen molar-refractivity contribution in [3.63, 3.8) is 0 Å². The SMILES string of the molecule is Cc1c(-c2ncnc3[nH]c(-c4ccc(CN5CCC(O)CC5)cc4)cc23)cccc1N1CCc2cc(C3CC3)ccc2C1=O. The van der Waals surface area contributed by atoms with E-state index in [1.54, 1.807) is 6.33 Å². The number of aliphatic hydroxyl groups is 1. The first kappa shape index (κ1) is 27.2. The third-order valence-electron chi connectivity index (χ3n) is 9.76. The highest BCUT2D eigenvalue weighted by Crippen LogP contribution is 2.42. The predicted octanol–water partition coefficient (Wildman–Crippen LogP) is 6.64. The van der Waals surface area contributed by atoms with Crippen molar-refractivity contribution in [1.82, 2.24) is 19.9 Å². The maximum atomic E-state index is 13.7. The zero-order valence-electron chi connectivity index (χ0n) is 25.1. The van der Waals surface area contributed by atoms with Crippen molar-refractivity contribution < 1.29 is 9.90 Å². The third kappa shape index (κ3) is 5.00. The van der Waals surface area contributed by atoms with Crippen molar-refractivity contribution in [3.05, 3.63) is 101 Å². The van der Waals surface area contributed by atoms with Gasteiger partial charge < -0.3 is 15.0 Å². The molecular weight excluding hydrogens is 546 g/mol. The van der Waals surface area contributed by atoms with Crippen LogP contribution in [0.3, 0.4) is 0 Å². The molecule has 0 spiro atoms. The number of aromatic amines is 1. The standard InChI is InChI=1S/C37H37N5O2/c1-23-30(3-2-4-34(23)42-18-13-28-19-27(25-9-10-25)11-12-31(28)37(42)44)35-32-20-33(40-36(32)39-22-38-35)26-7-5-24(6-8-26)21-41-16-14-29(43)15-17-41/h2-8,11-12,19-20,22,25,29,43H,9-10,13-18,21H2,1H3,(H,38,39,40). The number of hydrogen-bond donors (Lipinski definition) is 2. The molecule has 2 N–H and O–H groups in total. The highest BCUT2D eigenvalue weighted by Gasteiger charge is 2.30. The summed E-state index contributed by atoms with van der Waals surface area (Å²) in [4.78, 5) is 30.9. The molecule has 0 unspecified atom stereocenters. The molecule has 7 heteroatoms. The van der Waals surface area contributed by atoms with E-state index in [0.29, 0.717) is 12.5 Å². The van der Waals surface area contributed by atoms with Gasteiger partial charge in [-0.25, -0.2) is 9.97 Å². The fourth-order valence-corrected chi connectivity index (χ4v) is 7.02. The highest BCUT2D eigenvalue weighted by atomic mass is 16.3. The number of fused-ring (bicyclic) bond motifs is 2. The fraction of sp³-hybridized carbons (Fsp3) is 0.324. The van der Waals surface area contributed by atoms with Gasteiger partial charge in [0.2, 0.25) is 0 Å². The van der Waals surface area contributed by atoms with Crippen LogP contribution in [0.5, 0.6) is 0 Å². The van der Waals surface area contributed by atoms with Crippen LogP contribution < -0.4 is 4.90 Å². The van der Waals surface area contributed by atoms with Gasteiger partial charge in [0.25, 0.3) is 5.91 Å². The van der Waals surface area contributed by atoms with Crippen LogP contribution in [0.1, 0.15) is 64.2 Å². The average Bonchev–Trinajstić information content (AvgIpc) is 3.81. The van der Waals surface area contributed by atoms with E-state index in [4.69, 9.17) is 4.98 Å². The number of nitrogens with one attached hydrogen (secondary N) is 1. The zero-order chi connectivity index (χ0) is 29.8. The minimum absolute atomic E-state index is 0.0759. The Balaban J connectivity index is 1.07. The lowest BCUT2D eigenvalue weighted by molar-refractivity contribution is 0.0792. The van der Waals surface area contributed by atoms with E-state index in [9.17, 15) is 9.90 Å². The summed E-state index contributed by atoms with van der Waals surface area (Å²) < 4.78 is 0. The van der Waals surface area contributed by atoms with Crippen molar-refractivity contribution >= 4 is 22.6 Å². The van der Waals surface area contributed by atoms with Crippen LogP contribution in [0.4, 0.5) is 5.69 Å². The van der Waals surface area contributed by atoms with Gasteiger partial charge in [0.1, 0.15) is 12.0 Å². The van der Waals surface area contributed by atoms with E-state index in [-0.39, 0.29) is 12.0 Å². The summed E-state index contributed by atoms with van der Waals surface area (Å²) in [5.74, 6) is 0.762. The third-order valence-corrected chi connectivity index (χ3v) is 9.76. The molecule has 2 aromatic heterocycles. The summed E-state index contributed by atoms with van der Waals surface area (Å²) in [7, 11) is 0. The molecule has 0 bridgehead atoms. The first-order chi connectivity index (χ1) is 21.5. The Morgan fingerprint density at radius 1 is 0.909 bits per heavy atom. The van der Waals surface area contributed by atoms with Gasteiger partial charge in [-0.2, -0.15) is 0 Å². The molecule has 0 atom stereocenters. The van der Waals surface area contributed by atoms with Crippen molar-refractivity contribution in [3.8, 4) is 22.5 Å². The number of hydrogen-bond acceptors (Lipinski definition) is 5. The number of rotatable bonds is 6. The molecule has 3 aromatic carbocycles. The highest BCUT2D eigenvalue weighted by molar-refractivity contribution is 6.09. The Morgan fingerprint density at radius 3 is 2.52 bits per heavy atom. The summed E-state index contributed by atoms with van der Waals surface area (Å²) in [5, 5.41) is 10.8. The van der Waals surface area contributed by atoms with Crippen LogP contribution in [0.25, 0.3) is 33.5 Å². The van der Waals surface area contributed by atoms with Gasteiger partial charge in [-0.3, -0.25) is 9.69 Å². The van der Waals surface area contributed by atoms with Crippen LogP contribution >= 0.6 is 0 Å². The van der Waals surface area contributed by atoms with Gasteiger partial charge in [0.15, 0.2) is 0 Å². The van der Waals surface area contributed by atoms with Gasteiger partial charge in [-0.1, -0.05) is 48.5 Å². The zero-order valence-corrected chi connectivity index (χ0v) is 25.1. The van der Waals surface area contributed by atoms with E-state index >= 15 is 0 Å². The summed E-state index contributed by atoms with van der Waals surface area (Å²) in [5.41, 5.74) is 11.4. The second-order valence-electron chi connectivity index (χ2n) is 12.7. The number of aliphatic hydroxyl groups excluding tert-OH is 1. The molecule has 7 nitrogen and oxygen atoms in total. The Hall–Kier alpha value is -4.33. The largest absolute Gasteiger partial charge is 0.393 e. The quantitative estimate of drug-likeness (QED) is 0.234. The van der Waals surface area contributed by atoms with Crippen LogP contribution in [0, 0.1) is 6.92 Å². The number of anilines is 1. The molecule has 1 amide bonds. The lowest BCUT2D eigenvalue weighted by atomic mass is 9.93. The second kappa shape index (κ2) is 11.0. The predicted molar refractivity (Wildman–Crippen MR) is 174 cm³/mol. The monoisotopic (exact) mass is 583 g/mol. The van der Waals surface area contributed by atoms with E-state index in [1.807, 2.05) is 17.0 Å². The molecule has 1 saturated heterocycles. The number of benzene rings is 3. The average molecular weight is 584 g/mol. The number of H-pyrrole nitrogens is 1. The number of aromatic nitrogens is 3. The van der Waals surface area contributed by atoms with Gasteiger partial charge in [0, 0.05) is 54.1 Å². The number of amides is 1. The Bertz CT molecular complexity index is 1870. The van der Waals surface area contributed by atoms with Gasteiger partial charge in [-0.15, -0.1) is 0 Å². The molecule has 5 aromatic rings. The number of carbonyl (C=O) groups is 1. The number of carbonyl (C=O) groups excluding carboxylic acids is 1. The van der Waals surface area contributed by atoms with Crippen molar-refractivity contribution in [2.45, 2.75) is 57.6 Å². The lowest BCUT2D eigenvalue weighted by Crippen LogP contribution is -2.38. The molecule has 222 valence electrons. The Morgan fingerprint density at radius 2 is 1.73 bits per heavy atom. The molecule has 3 aliphatic rings. The Kier molecular flexibility index (Phi) is 6.80. The molecule has 0 radical (unpaired) electrons. The minimum atomic E-state index is -0.153. The van der Waals surface area contributed by atoms with E-state index in [1.165, 1.54) is 29.5 Å². The topological polar surface area (TPSA) is 85.3 Å². The molecule has 2 aliphatic heterocycles. The second-order valence-corrected chi connectivity index (χ2v) is 12.7. The fourth-order valence-electron chi connectivity index (χ4n) is 7.02. The van der Waals surface area contributed by atoms with Crippen LogP contribution in [0.2, 0.25) is 0 Å². The molecular formula is C37H37N5O2. The van der Waals surface area contributed by atoms with Crippen molar-refractivity contribution in [2.75, 3.05) is 24.5 Å². The van der Waals surface area contributed by atoms with Crippen LogP contribution in [-0.2, 0) is 13.0 Å². The number of nitrogens with zero attached hydrogens (tertiary/aromatic N) is 4. The molecule has 1 aliphatic carbocycles. The molecule has 2 fully saturated rings. The molecule has 8 rings (SSSR count). The lowest BCUT2D eigenvalue weighted by Gasteiger charge is -2.30. The minimum Gasteiger partial charge on any atom is -0.393 e. The first-order valence-corrected chi connectivity index (χ1v) is 15.9. The van der Waals surface area contributed by atoms with Crippen LogP contribution in [-0.4, -0.2) is 56.6 Å². The normalized spacial score (nSPS) is 17.8. The van der Waals surface area contributed by atoms with E-state index in [0.717, 1.165) is 89.3 Å². The summed E-state index contributed by atoms with van der Waals surface area (Å²) in [6.45, 7) is 5.54. The molecule has 44 heavy (non-hydrogen) atoms. The van der Waals surface area contributed by atoms with E-state index in [2.05, 4.69) is 76.4 Å². The summed E-state index contributed by atoms with van der Waals surface area (Å²) in [6, 6.07) is 23.4. The van der Waals surface area contributed by atoms with Crippen molar-refractivity contribution in [2.24, 2.45) is 0 Å². The number of piperidine rings is 1. The maximum absolute atomic E-state index is 13.7. The molecule has 1 saturated carbocycles. The summed E-state index contributed by atoms with van der Waals surface area (Å²) in [6.07, 6.45) is 6.56. The van der Waals surface area contributed by atoms with Gasteiger partial charge in [0.05, 0.1) is 11.8 Å². The van der Waals surface area contributed by atoms with Crippen LogP contribution in [0.15, 0.2) is 73.1 Å². The Labute approximate surface area is 257 Å². The molecule has 4 heterocycles. The van der Waals surface area contributed by atoms with Gasteiger partial charge in [-0.05, 0) is 91.0 Å². The first-order valence-electron chi connectivity index (χ1n) is 15.9. The van der Waals surface area contributed by atoms with Gasteiger partial charge >= 0.3 is 0 Å². The maximum Gasteiger partial charge on any atom is 0.258 e. The number of likely N-dealkylation sites (tertiary alicyclic amines) is 1. The van der Waals surface area contributed by atoms with E-state index < -0.39 is 0 Å². The van der Waals surface area contributed by atoms with Crippen molar-refractivity contribution in [1.29, 1.82) is 0 Å².